The summed E-state index contributed by atoms with van der Waals surface area (Å²) in [6, 6.07) is 6.87. The molecule has 0 radical (unpaired) electrons. The second-order valence-corrected chi connectivity index (χ2v) is 5.76. The molecule has 0 unspecified atom stereocenters. The number of nitrogens with one attached hydrogen (secondary N) is 1. The zero-order chi connectivity index (χ0) is 17.4. The van der Waals surface area contributed by atoms with E-state index < -0.39 is 0 Å². The van der Waals surface area contributed by atoms with Crippen molar-refractivity contribution in [3.05, 3.63) is 40.3 Å². The predicted octanol–water partition coefficient (Wildman–Crippen LogP) is 1.84. The van der Waals surface area contributed by atoms with Gasteiger partial charge in [0.25, 0.3) is 5.91 Å². The van der Waals surface area contributed by atoms with E-state index >= 15 is 0 Å². The van der Waals surface area contributed by atoms with Crippen molar-refractivity contribution in [3.8, 4) is 5.75 Å². The number of anilines is 1. The molecule has 24 heavy (non-hydrogen) atoms. The summed E-state index contributed by atoms with van der Waals surface area (Å²) in [6.45, 7) is 0.743. The Morgan fingerprint density at radius 1 is 1.29 bits per heavy atom. The average Bonchev–Trinajstić information content (AvgIpc) is 3.05. The Balaban J connectivity index is 1.86. The van der Waals surface area contributed by atoms with Crippen molar-refractivity contribution in [2.24, 2.45) is 5.73 Å². The minimum Gasteiger partial charge on any atom is -0.493 e. The van der Waals surface area contributed by atoms with Gasteiger partial charge in [-0.1, -0.05) is 0 Å². The number of benzene rings is 1. The third-order valence-corrected chi connectivity index (χ3v) is 3.97. The molecule has 2 rings (SSSR count). The molecule has 0 spiro atoms. The van der Waals surface area contributed by atoms with E-state index in [4.69, 9.17) is 10.5 Å². The van der Waals surface area contributed by atoms with Gasteiger partial charge in [-0.05, 0) is 30.8 Å². The van der Waals surface area contributed by atoms with Gasteiger partial charge in [-0.3, -0.25) is 9.59 Å². The lowest BCUT2D eigenvalue weighted by Gasteiger charge is -2.07. The molecule has 0 atom stereocenters. The standard InChI is InChI=1S/C16H19N3O4S/c1-22-15(20)7-9-23-12-4-2-11(3-5-12)18-16(21)13-10-24-14(19-13)6-8-17/h2-5,10H,6-9,17H2,1H3,(H,18,21). The van der Waals surface area contributed by atoms with Crippen LogP contribution in [0.4, 0.5) is 5.69 Å². The maximum Gasteiger partial charge on any atom is 0.308 e. The van der Waals surface area contributed by atoms with E-state index in [-0.39, 0.29) is 24.9 Å². The number of nitrogens with two attached hydrogens (primary N) is 1. The van der Waals surface area contributed by atoms with Gasteiger partial charge in [-0.25, -0.2) is 4.98 Å². The number of methoxy groups -OCH3 is 1. The molecule has 0 bridgehead atoms. The molecule has 0 saturated heterocycles. The Morgan fingerprint density at radius 3 is 2.71 bits per heavy atom. The first-order valence-corrected chi connectivity index (χ1v) is 8.26. The summed E-state index contributed by atoms with van der Waals surface area (Å²) >= 11 is 1.42. The Labute approximate surface area is 143 Å². The Hall–Kier alpha value is -2.45. The maximum atomic E-state index is 12.1. The van der Waals surface area contributed by atoms with Gasteiger partial charge in [0, 0.05) is 17.5 Å². The van der Waals surface area contributed by atoms with Gasteiger partial charge in [-0.2, -0.15) is 0 Å². The van der Waals surface area contributed by atoms with Crippen molar-refractivity contribution in [1.29, 1.82) is 0 Å². The number of esters is 1. The number of hydrogen-bond acceptors (Lipinski definition) is 7. The highest BCUT2D eigenvalue weighted by molar-refractivity contribution is 7.09. The topological polar surface area (TPSA) is 104 Å². The molecule has 0 saturated carbocycles. The molecule has 1 aromatic heterocycles. The molecule has 7 nitrogen and oxygen atoms in total. The van der Waals surface area contributed by atoms with Crippen LogP contribution in [0.15, 0.2) is 29.6 Å². The maximum absolute atomic E-state index is 12.1. The number of ether oxygens (including phenoxy) is 2. The molecular formula is C16H19N3O4S. The van der Waals surface area contributed by atoms with Gasteiger partial charge in [0.2, 0.25) is 0 Å². The van der Waals surface area contributed by atoms with Gasteiger partial charge >= 0.3 is 5.97 Å². The van der Waals surface area contributed by atoms with E-state index in [1.807, 2.05) is 0 Å². The first-order chi connectivity index (χ1) is 11.6. The number of hydrogen-bond donors (Lipinski definition) is 2. The smallest absolute Gasteiger partial charge is 0.308 e. The molecule has 0 aliphatic carbocycles. The number of carbonyl (C=O) groups is 2. The number of amides is 1. The van der Waals surface area contributed by atoms with Crippen molar-refractivity contribution in [3.63, 3.8) is 0 Å². The van der Waals surface area contributed by atoms with Crippen LogP contribution < -0.4 is 15.8 Å². The SMILES string of the molecule is COC(=O)CCOc1ccc(NC(=O)c2csc(CCN)n2)cc1. The average molecular weight is 349 g/mol. The van der Waals surface area contributed by atoms with E-state index in [1.54, 1.807) is 29.6 Å². The molecule has 0 aliphatic rings. The lowest BCUT2D eigenvalue weighted by Crippen LogP contribution is -2.12. The second kappa shape index (κ2) is 8.99. The molecule has 1 heterocycles. The molecule has 1 aromatic carbocycles. The van der Waals surface area contributed by atoms with Gasteiger partial charge in [0.1, 0.15) is 11.4 Å². The third-order valence-electron chi connectivity index (χ3n) is 3.06. The highest BCUT2D eigenvalue weighted by atomic mass is 32.1. The summed E-state index contributed by atoms with van der Waals surface area (Å²) < 4.78 is 9.95. The lowest BCUT2D eigenvalue weighted by molar-refractivity contribution is -0.141. The van der Waals surface area contributed by atoms with Crippen LogP contribution in [0.1, 0.15) is 21.9 Å². The number of rotatable bonds is 8. The minimum atomic E-state index is -0.323. The monoisotopic (exact) mass is 349 g/mol. The minimum absolute atomic E-state index is 0.184. The van der Waals surface area contributed by atoms with E-state index in [2.05, 4.69) is 15.0 Å². The van der Waals surface area contributed by atoms with Crippen LogP contribution in [0.5, 0.6) is 5.75 Å². The van der Waals surface area contributed by atoms with Crippen molar-refractivity contribution in [2.75, 3.05) is 25.6 Å². The fourth-order valence-electron chi connectivity index (χ4n) is 1.84. The largest absolute Gasteiger partial charge is 0.493 e. The van der Waals surface area contributed by atoms with Gasteiger partial charge < -0.3 is 20.5 Å². The van der Waals surface area contributed by atoms with Crippen LogP contribution >= 0.6 is 11.3 Å². The summed E-state index contributed by atoms with van der Waals surface area (Å²) in [5.74, 6) is 0.0147. The summed E-state index contributed by atoms with van der Waals surface area (Å²) in [5.41, 5.74) is 6.48. The molecular weight excluding hydrogens is 330 g/mol. The molecule has 0 aliphatic heterocycles. The fourth-order valence-corrected chi connectivity index (χ4v) is 2.63. The van der Waals surface area contributed by atoms with Crippen LogP contribution in [0.3, 0.4) is 0 Å². The van der Waals surface area contributed by atoms with Crippen molar-refractivity contribution < 1.29 is 19.1 Å². The van der Waals surface area contributed by atoms with Crippen molar-refractivity contribution in [1.82, 2.24) is 4.98 Å². The summed E-state index contributed by atoms with van der Waals surface area (Å²) in [6.07, 6.45) is 0.847. The number of thiazole rings is 1. The van der Waals surface area contributed by atoms with E-state index in [9.17, 15) is 9.59 Å². The molecule has 2 aromatic rings. The molecule has 0 fully saturated rings. The van der Waals surface area contributed by atoms with Crippen LogP contribution in [-0.2, 0) is 16.0 Å². The molecule has 1 amide bonds. The van der Waals surface area contributed by atoms with Gasteiger partial charge in [0.05, 0.1) is 25.1 Å². The van der Waals surface area contributed by atoms with E-state index in [0.717, 1.165) is 5.01 Å². The molecule has 128 valence electrons. The Morgan fingerprint density at radius 2 is 2.04 bits per heavy atom. The van der Waals surface area contributed by atoms with Crippen LogP contribution in [0, 0.1) is 0 Å². The second-order valence-electron chi connectivity index (χ2n) is 4.82. The van der Waals surface area contributed by atoms with Crippen molar-refractivity contribution in [2.45, 2.75) is 12.8 Å². The predicted molar refractivity (Wildman–Crippen MR) is 91.4 cm³/mol. The highest BCUT2D eigenvalue weighted by Gasteiger charge is 2.11. The van der Waals surface area contributed by atoms with Crippen LogP contribution in [-0.4, -0.2) is 37.1 Å². The van der Waals surface area contributed by atoms with E-state index in [0.29, 0.717) is 30.1 Å². The first-order valence-electron chi connectivity index (χ1n) is 7.38. The first kappa shape index (κ1) is 17.9. The number of carbonyl (C=O) groups excluding carboxylic acids is 2. The summed E-state index contributed by atoms with van der Waals surface area (Å²) in [4.78, 5) is 27.3. The quantitative estimate of drug-likeness (QED) is 0.705. The fraction of sp³-hybridized carbons (Fsp3) is 0.312. The number of nitrogens with zero attached hydrogens (tertiary/aromatic N) is 1. The van der Waals surface area contributed by atoms with Crippen LogP contribution in [0.2, 0.25) is 0 Å². The van der Waals surface area contributed by atoms with Crippen molar-refractivity contribution >= 4 is 28.9 Å². The number of aromatic nitrogens is 1. The lowest BCUT2D eigenvalue weighted by atomic mass is 10.3. The normalized spacial score (nSPS) is 10.2. The molecule has 8 heteroatoms. The zero-order valence-corrected chi connectivity index (χ0v) is 14.1. The van der Waals surface area contributed by atoms with Gasteiger partial charge in [0.15, 0.2) is 0 Å². The van der Waals surface area contributed by atoms with E-state index in [1.165, 1.54) is 18.4 Å². The summed E-state index contributed by atoms with van der Waals surface area (Å²) in [7, 11) is 1.33. The van der Waals surface area contributed by atoms with Gasteiger partial charge in [-0.15, -0.1) is 11.3 Å². The van der Waals surface area contributed by atoms with Crippen LogP contribution in [0.25, 0.3) is 0 Å². The Kier molecular flexibility index (Phi) is 6.71. The molecule has 3 N–H and O–H groups in total. The summed E-state index contributed by atoms with van der Waals surface area (Å²) in [5, 5.41) is 5.33. The zero-order valence-electron chi connectivity index (χ0n) is 13.3. The third kappa shape index (κ3) is 5.32. The Bertz CT molecular complexity index is 685. The highest BCUT2D eigenvalue weighted by Crippen LogP contribution is 2.17.